The van der Waals surface area contributed by atoms with Crippen LogP contribution in [0.4, 0.5) is 5.69 Å². The van der Waals surface area contributed by atoms with Crippen molar-refractivity contribution in [1.29, 1.82) is 0 Å². The first kappa shape index (κ1) is 14.4. The zero-order valence-electron chi connectivity index (χ0n) is 12.8. The predicted octanol–water partition coefficient (Wildman–Crippen LogP) is 3.18. The van der Waals surface area contributed by atoms with E-state index in [-0.39, 0.29) is 5.78 Å². The smallest absolute Gasteiger partial charge is 0.168 e. The molecule has 1 aliphatic rings. The molecule has 0 atom stereocenters. The molecule has 0 amide bonds. The van der Waals surface area contributed by atoms with Crippen LogP contribution in [0.3, 0.4) is 0 Å². The molecule has 2 aromatic carbocycles. The van der Waals surface area contributed by atoms with E-state index in [1.807, 2.05) is 42.5 Å². The van der Waals surface area contributed by atoms with E-state index < -0.39 is 0 Å². The van der Waals surface area contributed by atoms with Gasteiger partial charge >= 0.3 is 0 Å². The van der Waals surface area contributed by atoms with Crippen LogP contribution in [-0.2, 0) is 17.8 Å². The summed E-state index contributed by atoms with van der Waals surface area (Å²) in [5, 5.41) is 0. The number of ketones is 1. The van der Waals surface area contributed by atoms with Crippen LogP contribution in [0, 0.1) is 0 Å². The maximum Gasteiger partial charge on any atom is 0.168 e. The molecule has 4 heteroatoms. The molecule has 114 valence electrons. The van der Waals surface area contributed by atoms with Gasteiger partial charge in [-0.25, -0.2) is 0 Å². The highest BCUT2D eigenvalue weighted by atomic mass is 16.5. The van der Waals surface area contributed by atoms with E-state index in [2.05, 4.69) is 4.90 Å². The first-order valence-electron chi connectivity index (χ1n) is 7.29. The van der Waals surface area contributed by atoms with Crippen LogP contribution in [0.2, 0.25) is 0 Å². The Hall–Kier alpha value is -2.49. The minimum Gasteiger partial charge on any atom is -0.493 e. The van der Waals surface area contributed by atoms with Crippen LogP contribution in [0.5, 0.6) is 11.5 Å². The van der Waals surface area contributed by atoms with Crippen molar-refractivity contribution in [3.05, 3.63) is 53.6 Å². The molecule has 1 aliphatic heterocycles. The summed E-state index contributed by atoms with van der Waals surface area (Å²) in [5.41, 5.74) is 3.23. The largest absolute Gasteiger partial charge is 0.493 e. The van der Waals surface area contributed by atoms with E-state index in [0.717, 1.165) is 34.9 Å². The Bertz CT molecular complexity index is 679. The van der Waals surface area contributed by atoms with Gasteiger partial charge in [0.2, 0.25) is 0 Å². The van der Waals surface area contributed by atoms with Crippen LogP contribution in [-0.4, -0.2) is 19.6 Å². The third kappa shape index (κ3) is 2.91. The summed E-state index contributed by atoms with van der Waals surface area (Å²) in [4.78, 5) is 13.3. The molecule has 0 saturated heterocycles. The van der Waals surface area contributed by atoms with Crippen LogP contribution in [0.15, 0.2) is 42.5 Å². The Kier molecular flexibility index (Phi) is 4.00. The Morgan fingerprint density at radius 2 is 2.00 bits per heavy atom. The maximum atomic E-state index is 11.2. The zero-order valence-corrected chi connectivity index (χ0v) is 12.8. The average Bonchev–Trinajstić information content (AvgIpc) is 2.54. The number of fused-ring (bicyclic) bond motifs is 1. The van der Waals surface area contributed by atoms with Gasteiger partial charge in [-0.2, -0.15) is 0 Å². The minimum absolute atomic E-state index is 0.176. The maximum absolute atomic E-state index is 11.2. The number of hydrogen-bond acceptors (Lipinski definition) is 4. The Morgan fingerprint density at radius 3 is 2.68 bits per heavy atom. The fourth-order valence-electron chi connectivity index (χ4n) is 2.68. The number of methoxy groups -OCH3 is 1. The van der Waals surface area contributed by atoms with Crippen LogP contribution >= 0.6 is 0 Å². The zero-order chi connectivity index (χ0) is 15.5. The fraction of sp³-hybridized carbons (Fsp3) is 0.278. The number of para-hydroxylation sites is 1. The summed E-state index contributed by atoms with van der Waals surface area (Å²) in [6, 6.07) is 14.0. The van der Waals surface area contributed by atoms with Crippen molar-refractivity contribution in [1.82, 2.24) is 0 Å². The normalized spacial score (nSPS) is 13.3. The SMILES string of the molecule is COc1cccc2c1OCN(c1ccc(CC(C)=O)cc1)C2. The van der Waals surface area contributed by atoms with Crippen molar-refractivity contribution in [3.8, 4) is 11.5 Å². The van der Waals surface area contributed by atoms with Gasteiger partial charge in [0.05, 0.1) is 7.11 Å². The summed E-state index contributed by atoms with van der Waals surface area (Å²) in [5.74, 6) is 1.78. The van der Waals surface area contributed by atoms with Crippen LogP contribution < -0.4 is 14.4 Å². The highest BCUT2D eigenvalue weighted by Crippen LogP contribution is 2.35. The molecular formula is C18H19NO3. The van der Waals surface area contributed by atoms with E-state index in [1.54, 1.807) is 14.0 Å². The number of benzene rings is 2. The number of ether oxygens (including phenoxy) is 2. The Morgan fingerprint density at radius 1 is 1.23 bits per heavy atom. The second-order valence-electron chi connectivity index (χ2n) is 5.47. The van der Waals surface area contributed by atoms with Gasteiger partial charge in [0.15, 0.2) is 18.2 Å². The summed E-state index contributed by atoms with van der Waals surface area (Å²) in [6.45, 7) is 2.87. The molecule has 0 spiro atoms. The lowest BCUT2D eigenvalue weighted by molar-refractivity contribution is -0.116. The van der Waals surface area contributed by atoms with E-state index in [0.29, 0.717) is 13.2 Å². The van der Waals surface area contributed by atoms with Gasteiger partial charge in [-0.3, -0.25) is 4.79 Å². The fourth-order valence-corrected chi connectivity index (χ4v) is 2.68. The molecule has 0 fully saturated rings. The van der Waals surface area contributed by atoms with Gasteiger partial charge in [-0.15, -0.1) is 0 Å². The van der Waals surface area contributed by atoms with Crippen molar-refractivity contribution < 1.29 is 14.3 Å². The third-order valence-electron chi connectivity index (χ3n) is 3.76. The Balaban J connectivity index is 1.78. The topological polar surface area (TPSA) is 38.8 Å². The summed E-state index contributed by atoms with van der Waals surface area (Å²) < 4.78 is 11.2. The molecule has 3 rings (SSSR count). The second-order valence-corrected chi connectivity index (χ2v) is 5.47. The van der Waals surface area contributed by atoms with Crippen molar-refractivity contribution in [2.24, 2.45) is 0 Å². The first-order chi connectivity index (χ1) is 10.7. The van der Waals surface area contributed by atoms with E-state index >= 15 is 0 Å². The molecule has 1 heterocycles. The number of rotatable bonds is 4. The lowest BCUT2D eigenvalue weighted by atomic mass is 10.1. The van der Waals surface area contributed by atoms with Gasteiger partial charge in [-0.05, 0) is 30.7 Å². The van der Waals surface area contributed by atoms with Crippen molar-refractivity contribution in [2.45, 2.75) is 19.9 Å². The molecular weight excluding hydrogens is 278 g/mol. The van der Waals surface area contributed by atoms with Gasteiger partial charge in [0.1, 0.15) is 5.78 Å². The highest BCUT2D eigenvalue weighted by molar-refractivity contribution is 5.78. The number of nitrogens with zero attached hydrogens (tertiary/aromatic N) is 1. The molecule has 0 radical (unpaired) electrons. The van der Waals surface area contributed by atoms with Crippen molar-refractivity contribution in [2.75, 3.05) is 18.7 Å². The lowest BCUT2D eigenvalue weighted by Crippen LogP contribution is -2.32. The standard InChI is InChI=1S/C18H19NO3/c1-13(20)10-14-6-8-16(9-7-14)19-11-15-4-3-5-17(21-2)18(15)22-12-19/h3-9H,10-12H2,1-2H3. The number of carbonyl (C=O) groups is 1. The highest BCUT2D eigenvalue weighted by Gasteiger charge is 2.20. The molecule has 4 nitrogen and oxygen atoms in total. The Labute approximate surface area is 130 Å². The summed E-state index contributed by atoms with van der Waals surface area (Å²) in [7, 11) is 1.65. The monoisotopic (exact) mass is 297 g/mol. The van der Waals surface area contributed by atoms with Crippen LogP contribution in [0.1, 0.15) is 18.1 Å². The lowest BCUT2D eigenvalue weighted by Gasteiger charge is -2.31. The number of Topliss-reactive ketones (excluding diaryl/α,β-unsaturated/α-hetero) is 1. The molecule has 0 saturated carbocycles. The van der Waals surface area contributed by atoms with Gasteiger partial charge in [-0.1, -0.05) is 24.3 Å². The predicted molar refractivity (Wildman–Crippen MR) is 85.5 cm³/mol. The molecule has 0 aromatic heterocycles. The van der Waals surface area contributed by atoms with Crippen molar-refractivity contribution in [3.63, 3.8) is 0 Å². The number of carbonyl (C=O) groups excluding carboxylic acids is 1. The third-order valence-corrected chi connectivity index (χ3v) is 3.76. The van der Waals surface area contributed by atoms with E-state index in [4.69, 9.17) is 9.47 Å². The molecule has 0 aliphatic carbocycles. The summed E-state index contributed by atoms with van der Waals surface area (Å²) >= 11 is 0. The van der Waals surface area contributed by atoms with E-state index in [9.17, 15) is 4.79 Å². The van der Waals surface area contributed by atoms with Gasteiger partial charge in [0.25, 0.3) is 0 Å². The molecule has 0 unspecified atom stereocenters. The summed E-state index contributed by atoms with van der Waals surface area (Å²) in [6.07, 6.45) is 0.483. The molecule has 2 aromatic rings. The number of anilines is 1. The van der Waals surface area contributed by atoms with Crippen LogP contribution in [0.25, 0.3) is 0 Å². The minimum atomic E-state index is 0.176. The average molecular weight is 297 g/mol. The van der Waals surface area contributed by atoms with Gasteiger partial charge in [0, 0.05) is 24.2 Å². The first-order valence-corrected chi connectivity index (χ1v) is 7.29. The molecule has 22 heavy (non-hydrogen) atoms. The van der Waals surface area contributed by atoms with Crippen molar-refractivity contribution >= 4 is 11.5 Å². The van der Waals surface area contributed by atoms with E-state index in [1.165, 1.54) is 0 Å². The number of hydrogen-bond donors (Lipinski definition) is 0. The molecule has 0 bridgehead atoms. The molecule has 0 N–H and O–H groups in total. The second kappa shape index (κ2) is 6.10. The van der Waals surface area contributed by atoms with Gasteiger partial charge < -0.3 is 14.4 Å². The quantitative estimate of drug-likeness (QED) is 0.869.